The predicted molar refractivity (Wildman–Crippen MR) is 101 cm³/mol. The summed E-state index contributed by atoms with van der Waals surface area (Å²) in [4.78, 5) is 19.8. The van der Waals surface area contributed by atoms with Crippen molar-refractivity contribution in [2.24, 2.45) is 5.92 Å². The van der Waals surface area contributed by atoms with Gasteiger partial charge in [-0.05, 0) is 55.2 Å². The molecule has 1 aliphatic heterocycles. The minimum Gasteiger partial charge on any atom is -0.497 e. The normalized spacial score (nSPS) is 15.4. The summed E-state index contributed by atoms with van der Waals surface area (Å²) in [5, 5.41) is 0. The van der Waals surface area contributed by atoms with Gasteiger partial charge in [0.05, 0.1) is 12.8 Å². The van der Waals surface area contributed by atoms with Gasteiger partial charge in [0, 0.05) is 24.8 Å². The number of amides is 1. The Morgan fingerprint density at radius 3 is 2.54 bits per heavy atom. The molecule has 0 spiro atoms. The van der Waals surface area contributed by atoms with Crippen molar-refractivity contribution >= 4 is 11.6 Å². The lowest BCUT2D eigenvalue weighted by Crippen LogP contribution is -2.38. The molecule has 0 unspecified atom stereocenters. The zero-order valence-corrected chi connectivity index (χ0v) is 15.2. The van der Waals surface area contributed by atoms with Gasteiger partial charge in [-0.1, -0.05) is 13.0 Å². The third-order valence-corrected chi connectivity index (χ3v) is 5.17. The highest BCUT2D eigenvalue weighted by molar-refractivity contribution is 5.99. The van der Waals surface area contributed by atoms with Crippen molar-refractivity contribution in [3.63, 3.8) is 0 Å². The third kappa shape index (κ3) is 2.94. The fourth-order valence-corrected chi connectivity index (χ4v) is 3.53. The Hall–Kier alpha value is -2.82. The number of carbonyl (C=O) groups excluding carboxylic acids is 1. The molecule has 0 aliphatic carbocycles. The first-order valence-corrected chi connectivity index (χ1v) is 9.08. The molecule has 1 fully saturated rings. The number of hydrogen-bond acceptors (Lipinski definition) is 3. The van der Waals surface area contributed by atoms with Crippen molar-refractivity contribution in [1.29, 1.82) is 0 Å². The molecule has 3 aromatic rings. The summed E-state index contributed by atoms with van der Waals surface area (Å²) in [5.74, 6) is 1.49. The summed E-state index contributed by atoms with van der Waals surface area (Å²) in [6.45, 7) is 3.85. The maximum absolute atomic E-state index is 13.2. The number of methoxy groups -OCH3 is 1. The number of imidazole rings is 1. The first-order valence-electron chi connectivity index (χ1n) is 9.08. The minimum atomic E-state index is 0.0198. The van der Waals surface area contributed by atoms with E-state index < -0.39 is 0 Å². The maximum Gasteiger partial charge on any atom is 0.274 e. The Morgan fingerprint density at radius 2 is 1.85 bits per heavy atom. The molecular weight excluding hydrogens is 326 g/mol. The predicted octanol–water partition coefficient (Wildman–Crippen LogP) is 3.88. The molecule has 3 heterocycles. The highest BCUT2D eigenvalue weighted by Gasteiger charge is 2.27. The van der Waals surface area contributed by atoms with Crippen LogP contribution in [-0.2, 0) is 0 Å². The zero-order chi connectivity index (χ0) is 18.1. The van der Waals surface area contributed by atoms with Crippen LogP contribution >= 0.6 is 0 Å². The molecule has 1 aromatic carbocycles. The number of ether oxygens (including phenoxy) is 1. The molecule has 1 saturated heterocycles. The van der Waals surface area contributed by atoms with Crippen molar-refractivity contribution in [1.82, 2.24) is 14.3 Å². The van der Waals surface area contributed by atoms with Crippen LogP contribution in [0, 0.1) is 5.92 Å². The first kappa shape index (κ1) is 16.6. The van der Waals surface area contributed by atoms with E-state index in [1.54, 1.807) is 7.11 Å². The van der Waals surface area contributed by atoms with Crippen molar-refractivity contribution in [3.8, 4) is 17.0 Å². The molecular formula is C21H23N3O2. The fraction of sp³-hybridized carbons (Fsp3) is 0.333. The highest BCUT2D eigenvalue weighted by atomic mass is 16.5. The van der Waals surface area contributed by atoms with Crippen LogP contribution in [0.25, 0.3) is 16.9 Å². The molecule has 4 rings (SSSR count). The number of fused-ring (bicyclic) bond motifs is 1. The minimum absolute atomic E-state index is 0.0198. The van der Waals surface area contributed by atoms with Gasteiger partial charge in [-0.15, -0.1) is 0 Å². The molecule has 2 aromatic heterocycles. The van der Waals surface area contributed by atoms with E-state index in [1.165, 1.54) is 0 Å². The number of likely N-dealkylation sites (tertiary alicyclic amines) is 1. The summed E-state index contributed by atoms with van der Waals surface area (Å²) >= 11 is 0. The first-order chi connectivity index (χ1) is 12.7. The second-order valence-corrected chi connectivity index (χ2v) is 6.94. The van der Waals surface area contributed by atoms with Gasteiger partial charge in [0.25, 0.3) is 5.91 Å². The number of nitrogens with zero attached hydrogens (tertiary/aromatic N) is 3. The lowest BCUT2D eigenvalue weighted by Gasteiger charge is -2.30. The molecule has 0 N–H and O–H groups in total. The summed E-state index contributed by atoms with van der Waals surface area (Å²) in [7, 11) is 1.65. The van der Waals surface area contributed by atoms with Crippen molar-refractivity contribution < 1.29 is 9.53 Å². The molecule has 5 nitrogen and oxygen atoms in total. The molecule has 134 valence electrons. The standard InChI is InChI=1S/C21H23N3O2/c1-15-10-13-23(14-11-15)21(25)19-20(16-6-8-17(26-2)9-7-16)24-12-4-3-5-18(24)22-19/h3-9,12,15H,10-11,13-14H2,1-2H3. The van der Waals surface area contributed by atoms with Gasteiger partial charge in [-0.2, -0.15) is 0 Å². The molecule has 0 radical (unpaired) electrons. The number of aromatic nitrogens is 2. The Morgan fingerprint density at radius 1 is 1.12 bits per heavy atom. The average molecular weight is 349 g/mol. The average Bonchev–Trinajstić information content (AvgIpc) is 3.07. The maximum atomic E-state index is 13.2. The number of hydrogen-bond donors (Lipinski definition) is 0. The summed E-state index contributed by atoms with van der Waals surface area (Å²) in [5.41, 5.74) is 3.10. The van der Waals surface area contributed by atoms with Crippen LogP contribution in [0.5, 0.6) is 5.75 Å². The van der Waals surface area contributed by atoms with E-state index in [4.69, 9.17) is 4.74 Å². The van der Waals surface area contributed by atoms with Crippen LogP contribution in [0.2, 0.25) is 0 Å². The van der Waals surface area contributed by atoms with Gasteiger partial charge < -0.3 is 9.64 Å². The number of rotatable bonds is 3. The number of pyridine rings is 1. The van der Waals surface area contributed by atoms with E-state index in [0.717, 1.165) is 48.6 Å². The van der Waals surface area contributed by atoms with Gasteiger partial charge in [0.1, 0.15) is 11.4 Å². The van der Waals surface area contributed by atoms with Crippen molar-refractivity contribution in [2.45, 2.75) is 19.8 Å². The van der Waals surface area contributed by atoms with E-state index in [2.05, 4.69) is 11.9 Å². The van der Waals surface area contributed by atoms with Crippen molar-refractivity contribution in [2.75, 3.05) is 20.2 Å². The van der Waals surface area contributed by atoms with Gasteiger partial charge in [0.2, 0.25) is 0 Å². The number of carbonyl (C=O) groups is 1. The van der Waals surface area contributed by atoms with Crippen LogP contribution in [-0.4, -0.2) is 40.4 Å². The fourth-order valence-electron chi connectivity index (χ4n) is 3.53. The van der Waals surface area contributed by atoms with Gasteiger partial charge in [-0.3, -0.25) is 9.20 Å². The van der Waals surface area contributed by atoms with Gasteiger partial charge in [-0.25, -0.2) is 4.98 Å². The van der Waals surface area contributed by atoms with Crippen LogP contribution in [0.4, 0.5) is 0 Å². The molecule has 5 heteroatoms. The monoisotopic (exact) mass is 349 g/mol. The molecule has 0 bridgehead atoms. The number of benzene rings is 1. The summed E-state index contributed by atoms with van der Waals surface area (Å²) in [6.07, 6.45) is 4.06. The Labute approximate surface area is 153 Å². The highest BCUT2D eigenvalue weighted by Crippen LogP contribution is 2.29. The van der Waals surface area contributed by atoms with Gasteiger partial charge >= 0.3 is 0 Å². The Balaban J connectivity index is 1.79. The zero-order valence-electron chi connectivity index (χ0n) is 15.2. The topological polar surface area (TPSA) is 46.8 Å². The SMILES string of the molecule is COc1ccc(-c2c(C(=O)N3CCC(C)CC3)nc3ccccn23)cc1. The van der Waals surface area contributed by atoms with Crippen LogP contribution in [0.15, 0.2) is 48.7 Å². The smallest absolute Gasteiger partial charge is 0.274 e. The van der Waals surface area contributed by atoms with Gasteiger partial charge in [0.15, 0.2) is 5.69 Å². The Kier molecular flexibility index (Phi) is 4.37. The quantitative estimate of drug-likeness (QED) is 0.721. The summed E-state index contributed by atoms with van der Waals surface area (Å²) in [6, 6.07) is 13.6. The lowest BCUT2D eigenvalue weighted by molar-refractivity contribution is 0.0693. The van der Waals surface area contributed by atoms with E-state index in [9.17, 15) is 4.79 Å². The van der Waals surface area contributed by atoms with E-state index >= 15 is 0 Å². The molecule has 1 aliphatic rings. The third-order valence-electron chi connectivity index (χ3n) is 5.17. The molecule has 1 amide bonds. The second kappa shape index (κ2) is 6.83. The van der Waals surface area contributed by atoms with E-state index in [1.807, 2.05) is 58.0 Å². The molecule has 0 saturated carbocycles. The molecule has 0 atom stereocenters. The second-order valence-electron chi connectivity index (χ2n) is 6.94. The van der Waals surface area contributed by atoms with Crippen LogP contribution in [0.1, 0.15) is 30.3 Å². The van der Waals surface area contributed by atoms with E-state index in [0.29, 0.717) is 11.6 Å². The summed E-state index contributed by atoms with van der Waals surface area (Å²) < 4.78 is 7.25. The van der Waals surface area contributed by atoms with E-state index in [-0.39, 0.29) is 5.91 Å². The largest absolute Gasteiger partial charge is 0.497 e. The lowest BCUT2D eigenvalue weighted by atomic mass is 9.99. The van der Waals surface area contributed by atoms with Crippen LogP contribution in [0.3, 0.4) is 0 Å². The van der Waals surface area contributed by atoms with Crippen molar-refractivity contribution in [3.05, 3.63) is 54.4 Å². The van der Waals surface area contributed by atoms with Crippen LogP contribution < -0.4 is 4.74 Å². The molecule has 26 heavy (non-hydrogen) atoms. The number of piperidine rings is 1. The Bertz CT molecular complexity index is 922.